The van der Waals surface area contributed by atoms with Gasteiger partial charge < -0.3 is 10.6 Å². The van der Waals surface area contributed by atoms with Crippen molar-refractivity contribution in [1.82, 2.24) is 14.7 Å². The standard InChI is InChI=1S/C11H17N5/c1-2-15-7-8(5-14-15)10-6-13-11(12)16(10)9-3-4-9/h5,7,9-10H,2-4,6H2,1H3,(H2,12,13). The zero-order valence-electron chi connectivity index (χ0n) is 9.50. The Morgan fingerprint density at radius 3 is 2.94 bits per heavy atom. The van der Waals surface area contributed by atoms with Gasteiger partial charge in [-0.3, -0.25) is 9.67 Å². The maximum absolute atomic E-state index is 5.94. The summed E-state index contributed by atoms with van der Waals surface area (Å²) >= 11 is 0. The number of hydrogen-bond donors (Lipinski definition) is 1. The first-order valence-corrected chi connectivity index (χ1v) is 5.90. The van der Waals surface area contributed by atoms with Crippen molar-refractivity contribution in [2.45, 2.75) is 38.4 Å². The molecule has 0 spiro atoms. The van der Waals surface area contributed by atoms with Crippen LogP contribution in [0, 0.1) is 0 Å². The van der Waals surface area contributed by atoms with E-state index in [2.05, 4.69) is 28.1 Å². The van der Waals surface area contributed by atoms with Crippen molar-refractivity contribution < 1.29 is 0 Å². The monoisotopic (exact) mass is 219 g/mol. The minimum absolute atomic E-state index is 0.313. The number of guanidine groups is 1. The number of hydrogen-bond acceptors (Lipinski definition) is 4. The highest BCUT2D eigenvalue weighted by molar-refractivity contribution is 5.81. The molecule has 86 valence electrons. The molecule has 1 aliphatic carbocycles. The van der Waals surface area contributed by atoms with Crippen molar-refractivity contribution in [3.63, 3.8) is 0 Å². The van der Waals surface area contributed by atoms with Gasteiger partial charge in [0.15, 0.2) is 5.96 Å². The molecule has 3 rings (SSSR count). The largest absolute Gasteiger partial charge is 0.370 e. The van der Waals surface area contributed by atoms with Crippen LogP contribution in [0.2, 0.25) is 0 Å². The normalized spacial score (nSPS) is 24.9. The molecule has 5 heteroatoms. The van der Waals surface area contributed by atoms with Crippen molar-refractivity contribution in [3.05, 3.63) is 18.0 Å². The van der Waals surface area contributed by atoms with Crippen LogP contribution in [-0.4, -0.2) is 33.2 Å². The Morgan fingerprint density at radius 1 is 1.50 bits per heavy atom. The van der Waals surface area contributed by atoms with Crippen LogP contribution in [0.1, 0.15) is 31.4 Å². The molecule has 0 amide bonds. The molecule has 2 aliphatic rings. The van der Waals surface area contributed by atoms with E-state index in [0.29, 0.717) is 18.0 Å². The first kappa shape index (κ1) is 9.69. The van der Waals surface area contributed by atoms with Crippen LogP contribution in [-0.2, 0) is 6.54 Å². The average molecular weight is 219 g/mol. The lowest BCUT2D eigenvalue weighted by Gasteiger charge is -2.25. The summed E-state index contributed by atoms with van der Waals surface area (Å²) in [5.41, 5.74) is 7.17. The van der Waals surface area contributed by atoms with Crippen molar-refractivity contribution in [2.24, 2.45) is 10.7 Å². The van der Waals surface area contributed by atoms with Crippen molar-refractivity contribution in [1.29, 1.82) is 0 Å². The van der Waals surface area contributed by atoms with Crippen LogP contribution in [0.25, 0.3) is 0 Å². The topological polar surface area (TPSA) is 59.4 Å². The summed E-state index contributed by atoms with van der Waals surface area (Å²) in [7, 11) is 0. The predicted octanol–water partition coefficient (Wildman–Crippen LogP) is 0.737. The summed E-state index contributed by atoms with van der Waals surface area (Å²) in [6.07, 6.45) is 6.54. The second-order valence-electron chi connectivity index (χ2n) is 4.48. The fourth-order valence-corrected chi connectivity index (χ4v) is 2.29. The van der Waals surface area contributed by atoms with E-state index in [1.165, 1.54) is 18.4 Å². The SMILES string of the molecule is CCn1cc(C2CN=C(N)N2C2CC2)cn1. The van der Waals surface area contributed by atoms with Crippen LogP contribution < -0.4 is 5.73 Å². The van der Waals surface area contributed by atoms with Gasteiger partial charge in [0.05, 0.1) is 18.8 Å². The van der Waals surface area contributed by atoms with E-state index in [1.54, 1.807) is 0 Å². The third-order valence-corrected chi connectivity index (χ3v) is 3.33. The summed E-state index contributed by atoms with van der Waals surface area (Å²) in [4.78, 5) is 6.62. The number of nitrogens with zero attached hydrogens (tertiary/aromatic N) is 4. The molecule has 2 heterocycles. The minimum Gasteiger partial charge on any atom is -0.370 e. The second kappa shape index (κ2) is 3.50. The van der Waals surface area contributed by atoms with E-state index in [-0.39, 0.29) is 0 Å². The number of rotatable bonds is 3. The van der Waals surface area contributed by atoms with Gasteiger partial charge in [-0.1, -0.05) is 0 Å². The van der Waals surface area contributed by atoms with Gasteiger partial charge in [-0.05, 0) is 19.8 Å². The number of aliphatic imine (C=N–C) groups is 1. The highest BCUT2D eigenvalue weighted by Gasteiger charge is 2.39. The molecule has 2 N–H and O–H groups in total. The highest BCUT2D eigenvalue weighted by atomic mass is 15.4. The Morgan fingerprint density at radius 2 is 2.31 bits per heavy atom. The molecule has 0 radical (unpaired) electrons. The first-order valence-electron chi connectivity index (χ1n) is 5.90. The molecule has 0 aromatic carbocycles. The lowest BCUT2D eigenvalue weighted by atomic mass is 10.1. The molecule has 1 aromatic rings. The van der Waals surface area contributed by atoms with Crippen molar-refractivity contribution in [3.8, 4) is 0 Å². The van der Waals surface area contributed by atoms with Gasteiger partial charge in [0, 0.05) is 24.3 Å². The zero-order valence-corrected chi connectivity index (χ0v) is 9.50. The molecule has 1 aliphatic heterocycles. The summed E-state index contributed by atoms with van der Waals surface area (Å²) in [5, 5.41) is 4.32. The summed E-state index contributed by atoms with van der Waals surface area (Å²) in [6.45, 7) is 3.78. The molecule has 1 atom stereocenters. The molecule has 5 nitrogen and oxygen atoms in total. The van der Waals surface area contributed by atoms with Gasteiger partial charge in [-0.25, -0.2) is 0 Å². The Bertz CT molecular complexity index is 418. The number of aromatic nitrogens is 2. The molecule has 1 saturated carbocycles. The molecular formula is C11H17N5. The Labute approximate surface area is 94.9 Å². The number of aryl methyl sites for hydroxylation is 1. The second-order valence-corrected chi connectivity index (χ2v) is 4.48. The maximum Gasteiger partial charge on any atom is 0.192 e. The lowest BCUT2D eigenvalue weighted by molar-refractivity contribution is 0.338. The summed E-state index contributed by atoms with van der Waals surface area (Å²) in [5.74, 6) is 0.705. The molecule has 0 bridgehead atoms. The van der Waals surface area contributed by atoms with Crippen molar-refractivity contribution in [2.75, 3.05) is 6.54 Å². The number of nitrogens with two attached hydrogens (primary N) is 1. The van der Waals surface area contributed by atoms with Gasteiger partial charge >= 0.3 is 0 Å². The first-order chi connectivity index (χ1) is 7.79. The molecule has 0 saturated heterocycles. The minimum atomic E-state index is 0.313. The highest BCUT2D eigenvalue weighted by Crippen LogP contribution is 2.36. The van der Waals surface area contributed by atoms with Crippen LogP contribution in [0.15, 0.2) is 17.4 Å². The summed E-state index contributed by atoms with van der Waals surface area (Å²) in [6, 6.07) is 0.925. The van der Waals surface area contributed by atoms with E-state index < -0.39 is 0 Å². The maximum atomic E-state index is 5.94. The molecule has 16 heavy (non-hydrogen) atoms. The smallest absolute Gasteiger partial charge is 0.192 e. The van der Waals surface area contributed by atoms with Crippen LogP contribution in [0.3, 0.4) is 0 Å². The van der Waals surface area contributed by atoms with Gasteiger partial charge in [-0.2, -0.15) is 5.10 Å². The summed E-state index contributed by atoms with van der Waals surface area (Å²) < 4.78 is 1.95. The van der Waals surface area contributed by atoms with Gasteiger partial charge in [0.2, 0.25) is 0 Å². The molecule has 1 unspecified atom stereocenters. The predicted molar refractivity (Wildman–Crippen MR) is 62.0 cm³/mol. The van der Waals surface area contributed by atoms with Crippen LogP contribution in [0.5, 0.6) is 0 Å². The van der Waals surface area contributed by atoms with E-state index >= 15 is 0 Å². The van der Waals surface area contributed by atoms with Gasteiger partial charge in [0.25, 0.3) is 0 Å². The van der Waals surface area contributed by atoms with E-state index in [9.17, 15) is 0 Å². The molecular weight excluding hydrogens is 202 g/mol. The zero-order chi connectivity index (χ0) is 11.1. The third-order valence-electron chi connectivity index (χ3n) is 3.33. The fraction of sp³-hybridized carbons (Fsp3) is 0.636. The Kier molecular flexibility index (Phi) is 2.12. The van der Waals surface area contributed by atoms with E-state index in [4.69, 9.17) is 5.73 Å². The quantitative estimate of drug-likeness (QED) is 0.815. The lowest BCUT2D eigenvalue weighted by Crippen LogP contribution is -2.37. The Balaban J connectivity index is 1.84. The van der Waals surface area contributed by atoms with Gasteiger partial charge in [0.1, 0.15) is 0 Å². The fourth-order valence-electron chi connectivity index (χ4n) is 2.29. The van der Waals surface area contributed by atoms with Gasteiger partial charge in [-0.15, -0.1) is 0 Å². The van der Waals surface area contributed by atoms with Crippen molar-refractivity contribution >= 4 is 5.96 Å². The molecule has 1 fully saturated rings. The van der Waals surface area contributed by atoms with E-state index in [1.807, 2.05) is 10.9 Å². The van der Waals surface area contributed by atoms with E-state index in [0.717, 1.165) is 13.1 Å². The van der Waals surface area contributed by atoms with Crippen LogP contribution in [0.4, 0.5) is 0 Å². The molecule has 1 aromatic heterocycles. The average Bonchev–Trinajstić information content (AvgIpc) is 2.88. The van der Waals surface area contributed by atoms with Crippen LogP contribution >= 0.6 is 0 Å². The Hall–Kier alpha value is -1.52. The third kappa shape index (κ3) is 1.47.